The minimum absolute atomic E-state index is 0.320. The van der Waals surface area contributed by atoms with Crippen molar-refractivity contribution in [3.63, 3.8) is 0 Å². The molecule has 2 unspecified atom stereocenters. The molecule has 0 N–H and O–H groups in total. The quantitative estimate of drug-likeness (QED) is 0.697. The molecule has 0 aromatic carbocycles. The fourth-order valence-electron chi connectivity index (χ4n) is 1.95. The summed E-state index contributed by atoms with van der Waals surface area (Å²) in [6.45, 7) is 11.6. The summed E-state index contributed by atoms with van der Waals surface area (Å²) in [5.41, 5.74) is -0.335. The van der Waals surface area contributed by atoms with Crippen LogP contribution in [0.25, 0.3) is 0 Å². The molecule has 0 saturated heterocycles. The molecule has 0 aliphatic heterocycles. The molecular weight excluding hydrogens is 220 g/mol. The Kier molecular flexibility index (Phi) is 6.21. The highest BCUT2D eigenvalue weighted by atomic mass is 16.5. The number of rotatable bonds is 5. The zero-order chi connectivity index (χ0) is 13.6. The van der Waals surface area contributed by atoms with Gasteiger partial charge in [-0.25, -0.2) is 0 Å². The first-order valence-electron chi connectivity index (χ1n) is 6.08. The van der Waals surface area contributed by atoms with E-state index in [4.69, 9.17) is 9.47 Å². The Morgan fingerprint density at radius 3 is 1.76 bits per heavy atom. The standard InChI is InChI=1S/C13H24O4/c1-7-16-11(14)9(3)10(13(4,5)6)12(15)17-8-2/h9-10H,7-8H2,1-6H3. The van der Waals surface area contributed by atoms with Crippen LogP contribution < -0.4 is 0 Å². The minimum atomic E-state index is -0.492. The highest BCUT2D eigenvalue weighted by Gasteiger charge is 2.40. The van der Waals surface area contributed by atoms with Crippen LogP contribution in [0.5, 0.6) is 0 Å². The molecular formula is C13H24O4. The van der Waals surface area contributed by atoms with Crippen molar-refractivity contribution in [3.05, 3.63) is 0 Å². The monoisotopic (exact) mass is 244 g/mol. The van der Waals surface area contributed by atoms with Crippen LogP contribution in [0.4, 0.5) is 0 Å². The fourth-order valence-corrected chi connectivity index (χ4v) is 1.95. The van der Waals surface area contributed by atoms with E-state index in [0.717, 1.165) is 0 Å². The lowest BCUT2D eigenvalue weighted by Crippen LogP contribution is -2.39. The lowest BCUT2D eigenvalue weighted by molar-refractivity contribution is -0.164. The van der Waals surface area contributed by atoms with Crippen molar-refractivity contribution in [2.45, 2.75) is 41.5 Å². The van der Waals surface area contributed by atoms with Gasteiger partial charge in [-0.3, -0.25) is 9.59 Å². The predicted molar refractivity (Wildman–Crippen MR) is 65.4 cm³/mol. The Labute approximate surface area is 104 Å². The largest absolute Gasteiger partial charge is 0.466 e. The van der Waals surface area contributed by atoms with Crippen molar-refractivity contribution >= 4 is 11.9 Å². The van der Waals surface area contributed by atoms with Crippen molar-refractivity contribution in [2.75, 3.05) is 13.2 Å². The van der Waals surface area contributed by atoms with Gasteiger partial charge in [0.05, 0.1) is 25.0 Å². The Hall–Kier alpha value is -1.06. The number of esters is 2. The van der Waals surface area contributed by atoms with Gasteiger partial charge in [0.25, 0.3) is 0 Å². The first-order valence-corrected chi connectivity index (χ1v) is 6.08. The second kappa shape index (κ2) is 6.62. The topological polar surface area (TPSA) is 52.6 Å². The highest BCUT2D eigenvalue weighted by molar-refractivity contribution is 5.82. The zero-order valence-corrected chi connectivity index (χ0v) is 11.7. The summed E-state index contributed by atoms with van der Waals surface area (Å²) in [5.74, 6) is -1.66. The van der Waals surface area contributed by atoms with E-state index in [-0.39, 0.29) is 17.4 Å². The summed E-state index contributed by atoms with van der Waals surface area (Å²) >= 11 is 0. The van der Waals surface area contributed by atoms with Gasteiger partial charge in [-0.2, -0.15) is 0 Å². The molecule has 17 heavy (non-hydrogen) atoms. The molecule has 0 aromatic rings. The van der Waals surface area contributed by atoms with Crippen LogP contribution in [0, 0.1) is 17.3 Å². The van der Waals surface area contributed by atoms with Crippen molar-refractivity contribution in [3.8, 4) is 0 Å². The summed E-state index contributed by atoms with van der Waals surface area (Å²) < 4.78 is 9.99. The number of hydrogen-bond donors (Lipinski definition) is 0. The van der Waals surface area contributed by atoms with E-state index in [0.29, 0.717) is 13.2 Å². The maximum Gasteiger partial charge on any atom is 0.310 e. The van der Waals surface area contributed by atoms with Gasteiger partial charge in [-0.05, 0) is 19.3 Å². The molecule has 0 heterocycles. The number of carbonyl (C=O) groups excluding carboxylic acids is 2. The molecule has 0 aromatic heterocycles. The second-order valence-electron chi connectivity index (χ2n) is 5.14. The molecule has 0 aliphatic rings. The summed E-state index contributed by atoms with van der Waals surface area (Å²) in [5, 5.41) is 0. The van der Waals surface area contributed by atoms with Crippen LogP contribution in [0.2, 0.25) is 0 Å². The Morgan fingerprint density at radius 2 is 1.41 bits per heavy atom. The molecule has 0 spiro atoms. The van der Waals surface area contributed by atoms with Gasteiger partial charge in [-0.15, -0.1) is 0 Å². The minimum Gasteiger partial charge on any atom is -0.466 e. The van der Waals surface area contributed by atoms with Crippen molar-refractivity contribution in [1.82, 2.24) is 0 Å². The summed E-state index contributed by atoms with van der Waals surface area (Å²) in [7, 11) is 0. The number of hydrogen-bond acceptors (Lipinski definition) is 4. The van der Waals surface area contributed by atoms with Crippen LogP contribution >= 0.6 is 0 Å². The average molecular weight is 244 g/mol. The first-order chi connectivity index (χ1) is 7.75. The maximum atomic E-state index is 11.9. The van der Waals surface area contributed by atoms with Crippen LogP contribution in [0.15, 0.2) is 0 Å². The van der Waals surface area contributed by atoms with Gasteiger partial charge in [0.15, 0.2) is 0 Å². The lowest BCUT2D eigenvalue weighted by Gasteiger charge is -2.32. The van der Waals surface area contributed by atoms with E-state index in [9.17, 15) is 9.59 Å². The van der Waals surface area contributed by atoms with Gasteiger partial charge in [0.2, 0.25) is 0 Å². The highest BCUT2D eigenvalue weighted by Crippen LogP contribution is 2.33. The zero-order valence-electron chi connectivity index (χ0n) is 11.7. The number of ether oxygens (including phenoxy) is 2. The SMILES string of the molecule is CCOC(=O)C(C)C(C(=O)OCC)C(C)(C)C. The number of carbonyl (C=O) groups is 2. The van der Waals surface area contributed by atoms with Gasteiger partial charge in [0, 0.05) is 0 Å². The Bertz CT molecular complexity index is 265. The van der Waals surface area contributed by atoms with Gasteiger partial charge in [0.1, 0.15) is 0 Å². The van der Waals surface area contributed by atoms with E-state index in [2.05, 4.69) is 0 Å². The second-order valence-corrected chi connectivity index (χ2v) is 5.14. The van der Waals surface area contributed by atoms with Crippen LogP contribution in [0.1, 0.15) is 41.5 Å². The van der Waals surface area contributed by atoms with Crippen LogP contribution in [-0.2, 0) is 19.1 Å². The van der Waals surface area contributed by atoms with Crippen molar-refractivity contribution in [1.29, 1.82) is 0 Å². The molecule has 0 saturated carbocycles. The van der Waals surface area contributed by atoms with Gasteiger partial charge < -0.3 is 9.47 Å². The Balaban J connectivity index is 4.93. The van der Waals surface area contributed by atoms with Crippen LogP contribution in [0.3, 0.4) is 0 Å². The average Bonchev–Trinajstić information content (AvgIpc) is 2.16. The molecule has 0 aliphatic carbocycles. The van der Waals surface area contributed by atoms with E-state index in [1.807, 2.05) is 20.8 Å². The smallest absolute Gasteiger partial charge is 0.310 e. The first kappa shape index (κ1) is 15.9. The molecule has 100 valence electrons. The van der Waals surface area contributed by atoms with E-state index in [1.165, 1.54) is 0 Å². The van der Waals surface area contributed by atoms with E-state index in [1.54, 1.807) is 20.8 Å². The van der Waals surface area contributed by atoms with E-state index >= 15 is 0 Å². The fraction of sp³-hybridized carbons (Fsp3) is 0.846. The molecule has 2 atom stereocenters. The summed E-state index contributed by atoms with van der Waals surface area (Å²) in [6, 6.07) is 0. The molecule has 4 nitrogen and oxygen atoms in total. The third kappa shape index (κ3) is 4.75. The summed E-state index contributed by atoms with van der Waals surface area (Å²) in [4.78, 5) is 23.6. The molecule has 0 fully saturated rings. The van der Waals surface area contributed by atoms with Gasteiger partial charge >= 0.3 is 11.9 Å². The third-order valence-electron chi connectivity index (χ3n) is 2.63. The van der Waals surface area contributed by atoms with E-state index < -0.39 is 11.8 Å². The van der Waals surface area contributed by atoms with Crippen molar-refractivity contribution in [2.24, 2.45) is 17.3 Å². The molecule has 4 heteroatoms. The molecule has 0 rings (SSSR count). The predicted octanol–water partition coefficient (Wildman–Crippen LogP) is 2.41. The third-order valence-corrected chi connectivity index (χ3v) is 2.63. The Morgan fingerprint density at radius 1 is 1.00 bits per heavy atom. The molecule has 0 amide bonds. The molecule has 0 radical (unpaired) electrons. The lowest BCUT2D eigenvalue weighted by atomic mass is 9.73. The molecule has 0 bridgehead atoms. The van der Waals surface area contributed by atoms with Crippen molar-refractivity contribution < 1.29 is 19.1 Å². The maximum absolute atomic E-state index is 11.9. The van der Waals surface area contributed by atoms with Crippen LogP contribution in [-0.4, -0.2) is 25.2 Å². The van der Waals surface area contributed by atoms with Gasteiger partial charge in [-0.1, -0.05) is 27.7 Å². The summed E-state index contributed by atoms with van der Waals surface area (Å²) in [6.07, 6.45) is 0. The normalized spacial score (nSPS) is 14.9.